The third kappa shape index (κ3) is 3.43. The van der Waals surface area contributed by atoms with Gasteiger partial charge in [0.25, 0.3) is 0 Å². The number of nitrogens with zero attached hydrogens (tertiary/aromatic N) is 4. The molecule has 2 aromatic heterocycles. The van der Waals surface area contributed by atoms with E-state index in [4.69, 9.17) is 11.6 Å². The largest absolute Gasteiger partial charge is 0.333 e. The van der Waals surface area contributed by atoms with Gasteiger partial charge in [0.05, 0.1) is 17.4 Å². The first-order chi connectivity index (χ1) is 13.5. The van der Waals surface area contributed by atoms with Crippen molar-refractivity contribution in [3.63, 3.8) is 0 Å². The van der Waals surface area contributed by atoms with Crippen molar-refractivity contribution in [2.45, 2.75) is 25.9 Å². The molecule has 0 bridgehead atoms. The van der Waals surface area contributed by atoms with E-state index in [2.05, 4.69) is 38.8 Å². The molecule has 4 rings (SSSR count). The number of thiophene rings is 1. The molecule has 0 spiro atoms. The van der Waals surface area contributed by atoms with E-state index in [0.29, 0.717) is 24.2 Å². The van der Waals surface area contributed by atoms with E-state index in [-0.39, 0.29) is 11.8 Å². The highest BCUT2D eigenvalue weighted by molar-refractivity contribution is 9.10. The van der Waals surface area contributed by atoms with E-state index >= 15 is 0 Å². The van der Waals surface area contributed by atoms with Gasteiger partial charge in [-0.2, -0.15) is 9.90 Å². The number of aromatic nitrogens is 3. The fourth-order valence-electron chi connectivity index (χ4n) is 3.60. The molecule has 1 aromatic carbocycles. The van der Waals surface area contributed by atoms with Gasteiger partial charge in [0, 0.05) is 22.9 Å². The maximum absolute atomic E-state index is 12.4. The fourth-order valence-corrected chi connectivity index (χ4v) is 5.43. The van der Waals surface area contributed by atoms with Gasteiger partial charge < -0.3 is 4.90 Å². The van der Waals surface area contributed by atoms with Crippen LogP contribution in [0.4, 0.5) is 0 Å². The molecule has 1 aliphatic rings. The third-order valence-electron chi connectivity index (χ3n) is 4.90. The number of benzene rings is 1. The maximum Gasteiger partial charge on any atom is 0.246 e. The molecule has 28 heavy (non-hydrogen) atoms. The Morgan fingerprint density at radius 2 is 2.18 bits per heavy atom. The molecule has 0 radical (unpaired) electrons. The SMILES string of the molecule is C=CC(=O)N1Cc2sc(Cl)cc2[C@H](c2ccccc2-c2nn(CC)nc2Br)C1. The Hall–Kier alpha value is -1.96. The lowest BCUT2D eigenvalue weighted by molar-refractivity contribution is -0.127. The number of rotatable bonds is 4. The quantitative estimate of drug-likeness (QED) is 0.491. The van der Waals surface area contributed by atoms with Crippen molar-refractivity contribution >= 4 is 44.8 Å². The number of fused-ring (bicyclic) bond motifs is 1. The number of aryl methyl sites for hydroxylation is 1. The van der Waals surface area contributed by atoms with Crippen LogP contribution in [0.1, 0.15) is 28.8 Å². The monoisotopic (exact) mass is 476 g/mol. The second kappa shape index (κ2) is 7.81. The van der Waals surface area contributed by atoms with E-state index in [1.165, 1.54) is 23.0 Å². The van der Waals surface area contributed by atoms with Crippen molar-refractivity contribution in [3.8, 4) is 11.3 Å². The van der Waals surface area contributed by atoms with Crippen molar-refractivity contribution in [1.82, 2.24) is 19.9 Å². The zero-order valence-corrected chi connectivity index (χ0v) is 18.4. The number of amides is 1. The lowest BCUT2D eigenvalue weighted by atomic mass is 9.85. The average molecular weight is 478 g/mol. The summed E-state index contributed by atoms with van der Waals surface area (Å²) >= 11 is 11.4. The summed E-state index contributed by atoms with van der Waals surface area (Å²) in [6.45, 7) is 7.47. The minimum absolute atomic E-state index is 0.00581. The Kier molecular flexibility index (Phi) is 5.40. The number of hydrogen-bond acceptors (Lipinski definition) is 4. The van der Waals surface area contributed by atoms with Crippen molar-refractivity contribution in [2.24, 2.45) is 0 Å². The van der Waals surface area contributed by atoms with Crippen LogP contribution in [0.25, 0.3) is 11.3 Å². The van der Waals surface area contributed by atoms with E-state index in [9.17, 15) is 4.79 Å². The molecule has 0 saturated heterocycles. The number of hydrogen-bond donors (Lipinski definition) is 0. The van der Waals surface area contributed by atoms with Crippen molar-refractivity contribution < 1.29 is 4.79 Å². The highest BCUT2D eigenvalue weighted by atomic mass is 79.9. The maximum atomic E-state index is 12.4. The topological polar surface area (TPSA) is 51.0 Å². The van der Waals surface area contributed by atoms with Crippen LogP contribution in [0.3, 0.4) is 0 Å². The standard InChI is InChI=1S/C20H18BrClN4OS/c1-3-18(27)25-10-15(14-9-17(22)28-16(14)11-25)12-7-5-6-8-13(12)19-20(21)24-26(4-2)23-19/h3,5-9,15H,1,4,10-11H2,2H3/t15-/m0/s1. The summed E-state index contributed by atoms with van der Waals surface area (Å²) < 4.78 is 1.44. The van der Waals surface area contributed by atoms with Gasteiger partial charge in [-0.05, 0) is 46.1 Å². The van der Waals surface area contributed by atoms with Gasteiger partial charge in [-0.25, -0.2) is 0 Å². The van der Waals surface area contributed by atoms with Crippen molar-refractivity contribution in [2.75, 3.05) is 6.54 Å². The van der Waals surface area contributed by atoms with Crippen LogP contribution in [0.15, 0.2) is 47.6 Å². The Morgan fingerprint density at radius 1 is 1.39 bits per heavy atom. The molecule has 1 amide bonds. The molecular weight excluding hydrogens is 460 g/mol. The van der Waals surface area contributed by atoms with Crippen molar-refractivity contribution in [3.05, 3.63) is 67.9 Å². The smallest absolute Gasteiger partial charge is 0.246 e. The molecule has 1 atom stereocenters. The van der Waals surface area contributed by atoms with Crippen LogP contribution < -0.4 is 0 Å². The molecular formula is C20H18BrClN4OS. The van der Waals surface area contributed by atoms with Crippen LogP contribution in [0.2, 0.25) is 4.34 Å². The highest BCUT2D eigenvalue weighted by Crippen LogP contribution is 2.43. The highest BCUT2D eigenvalue weighted by Gasteiger charge is 2.32. The average Bonchev–Trinajstić information content (AvgIpc) is 3.27. The predicted octanol–water partition coefficient (Wildman–Crippen LogP) is 5.10. The molecule has 0 unspecified atom stereocenters. The molecule has 8 heteroatoms. The predicted molar refractivity (Wildman–Crippen MR) is 116 cm³/mol. The van der Waals surface area contributed by atoms with Gasteiger partial charge in [-0.3, -0.25) is 4.79 Å². The van der Waals surface area contributed by atoms with Crippen molar-refractivity contribution in [1.29, 1.82) is 0 Å². The molecule has 3 heterocycles. The van der Waals surface area contributed by atoms with Crippen LogP contribution in [-0.4, -0.2) is 32.3 Å². The second-order valence-electron chi connectivity index (χ2n) is 6.52. The van der Waals surface area contributed by atoms with Gasteiger partial charge in [0.15, 0.2) is 4.60 Å². The molecule has 5 nitrogen and oxygen atoms in total. The van der Waals surface area contributed by atoms with Crippen LogP contribution in [0, 0.1) is 0 Å². The second-order valence-corrected chi connectivity index (χ2v) is 9.04. The molecule has 144 valence electrons. The summed E-state index contributed by atoms with van der Waals surface area (Å²) in [5.41, 5.74) is 4.07. The first-order valence-electron chi connectivity index (χ1n) is 8.91. The Morgan fingerprint density at radius 3 is 2.89 bits per heavy atom. The molecule has 1 aliphatic heterocycles. The van der Waals surface area contributed by atoms with Gasteiger partial charge >= 0.3 is 0 Å². The summed E-state index contributed by atoms with van der Waals surface area (Å²) in [7, 11) is 0. The van der Waals surface area contributed by atoms with E-state index in [1.54, 1.807) is 4.80 Å². The van der Waals surface area contributed by atoms with Gasteiger partial charge in [0.2, 0.25) is 5.91 Å². The third-order valence-corrected chi connectivity index (χ3v) is 6.70. The van der Waals surface area contributed by atoms with E-state index in [0.717, 1.165) is 26.0 Å². The molecule has 0 fully saturated rings. The summed E-state index contributed by atoms with van der Waals surface area (Å²) in [4.78, 5) is 17.0. The first-order valence-corrected chi connectivity index (χ1v) is 10.9. The number of carbonyl (C=O) groups is 1. The van der Waals surface area contributed by atoms with Crippen LogP contribution in [0.5, 0.6) is 0 Å². The van der Waals surface area contributed by atoms with E-state index in [1.807, 2.05) is 36.1 Å². The minimum Gasteiger partial charge on any atom is -0.333 e. The normalized spacial score (nSPS) is 16.1. The van der Waals surface area contributed by atoms with Crippen LogP contribution >= 0.6 is 38.9 Å². The summed E-state index contributed by atoms with van der Waals surface area (Å²) in [5, 5.41) is 9.05. The minimum atomic E-state index is -0.0734. The summed E-state index contributed by atoms with van der Waals surface area (Å²) in [6.07, 6.45) is 1.37. The van der Waals surface area contributed by atoms with Gasteiger partial charge in [-0.1, -0.05) is 42.4 Å². The first kappa shape index (κ1) is 19.4. The summed E-state index contributed by atoms with van der Waals surface area (Å²) in [5.74, 6) is -0.0676. The Labute approximate surface area is 180 Å². The number of halogens is 2. The summed E-state index contributed by atoms with van der Waals surface area (Å²) in [6, 6.07) is 10.2. The zero-order chi connectivity index (χ0) is 19.8. The molecule has 3 aromatic rings. The lowest BCUT2D eigenvalue weighted by Crippen LogP contribution is -2.37. The molecule has 0 aliphatic carbocycles. The van der Waals surface area contributed by atoms with E-state index < -0.39 is 0 Å². The number of carbonyl (C=O) groups excluding carboxylic acids is 1. The zero-order valence-electron chi connectivity index (χ0n) is 15.2. The van der Waals surface area contributed by atoms with Gasteiger partial charge in [-0.15, -0.1) is 16.4 Å². The van der Waals surface area contributed by atoms with Crippen LogP contribution in [-0.2, 0) is 17.9 Å². The Balaban J connectivity index is 1.85. The van der Waals surface area contributed by atoms with Gasteiger partial charge in [0.1, 0.15) is 5.69 Å². The molecule has 0 N–H and O–H groups in total. The fraction of sp³-hybridized carbons (Fsp3) is 0.250. The lowest BCUT2D eigenvalue weighted by Gasteiger charge is -2.33. The molecule has 0 saturated carbocycles. The Bertz CT molecular complexity index is 1060.